The fourth-order valence-corrected chi connectivity index (χ4v) is 0.329. The average molecular weight is 177 g/mol. The largest absolute Gasteiger partial charge is 0.367 e. The Morgan fingerprint density at radius 2 is 2.25 bits per heavy atom. The highest BCUT2D eigenvalue weighted by atomic mass is 16.8. The number of rotatable bonds is 3. The maximum Gasteiger partial charge on any atom is 0.239 e. The van der Waals surface area contributed by atoms with E-state index in [1.165, 1.54) is 0 Å². The van der Waals surface area contributed by atoms with Gasteiger partial charge in [-0.1, -0.05) is 6.92 Å². The van der Waals surface area contributed by atoms with Gasteiger partial charge in [0.2, 0.25) is 11.9 Å². The van der Waals surface area contributed by atoms with E-state index in [-0.39, 0.29) is 23.6 Å². The molecule has 12 heavy (non-hydrogen) atoms. The second-order valence-corrected chi connectivity index (χ2v) is 1.79. The van der Waals surface area contributed by atoms with Crippen molar-refractivity contribution in [3.63, 3.8) is 0 Å². The van der Waals surface area contributed by atoms with E-state index in [4.69, 9.17) is 16.1 Å². The second kappa shape index (κ2) is 5.29. The number of hydrazine groups is 1. The molecular formula is C4H11N5O3. The number of carbonyl (C=O) groups excluding carboxylic acids is 1. The van der Waals surface area contributed by atoms with Crippen molar-refractivity contribution in [2.24, 2.45) is 10.8 Å². The topological polar surface area (TPSA) is 123 Å². The quantitative estimate of drug-likeness (QED) is 0.199. The Kier molecular flexibility index (Phi) is 4.69. The SMILES string of the molecule is CCC(=O)NN=C(N)NN(O)O. The maximum atomic E-state index is 10.6. The molecule has 0 saturated carbocycles. The van der Waals surface area contributed by atoms with E-state index in [2.05, 4.69) is 10.5 Å². The van der Waals surface area contributed by atoms with E-state index in [1.54, 1.807) is 12.3 Å². The monoisotopic (exact) mass is 177 g/mol. The average Bonchev–Trinajstić information content (AvgIpc) is 1.99. The van der Waals surface area contributed by atoms with Gasteiger partial charge in [-0.25, -0.2) is 10.9 Å². The van der Waals surface area contributed by atoms with E-state index < -0.39 is 0 Å². The van der Waals surface area contributed by atoms with Crippen LogP contribution in [0.1, 0.15) is 13.3 Å². The summed E-state index contributed by atoms with van der Waals surface area (Å²) in [5.41, 5.74) is 8.87. The first-order valence-corrected chi connectivity index (χ1v) is 3.12. The van der Waals surface area contributed by atoms with Gasteiger partial charge in [0.25, 0.3) is 0 Å². The highest BCUT2D eigenvalue weighted by molar-refractivity contribution is 5.81. The second-order valence-electron chi connectivity index (χ2n) is 1.79. The van der Waals surface area contributed by atoms with Gasteiger partial charge in [0.05, 0.1) is 0 Å². The van der Waals surface area contributed by atoms with Gasteiger partial charge >= 0.3 is 0 Å². The van der Waals surface area contributed by atoms with Crippen molar-refractivity contribution in [2.75, 3.05) is 0 Å². The number of nitrogens with one attached hydrogen (secondary N) is 2. The minimum absolute atomic E-state index is 0.263. The van der Waals surface area contributed by atoms with Crippen LogP contribution >= 0.6 is 0 Å². The molecule has 0 aliphatic heterocycles. The van der Waals surface area contributed by atoms with Crippen molar-refractivity contribution in [1.82, 2.24) is 16.2 Å². The van der Waals surface area contributed by atoms with Crippen molar-refractivity contribution < 1.29 is 15.2 Å². The van der Waals surface area contributed by atoms with Gasteiger partial charge in [-0.15, -0.1) is 5.10 Å². The van der Waals surface area contributed by atoms with Crippen LogP contribution in [-0.4, -0.2) is 27.6 Å². The lowest BCUT2D eigenvalue weighted by Gasteiger charge is -2.07. The van der Waals surface area contributed by atoms with Crippen LogP contribution in [0.2, 0.25) is 0 Å². The first-order valence-electron chi connectivity index (χ1n) is 3.12. The van der Waals surface area contributed by atoms with Gasteiger partial charge in [0.15, 0.2) is 0 Å². The third-order valence-electron chi connectivity index (χ3n) is 0.837. The summed E-state index contributed by atoms with van der Waals surface area (Å²) in [5, 5.41) is 19.2. The van der Waals surface area contributed by atoms with Crippen molar-refractivity contribution in [3.8, 4) is 0 Å². The van der Waals surface area contributed by atoms with Crippen LogP contribution < -0.4 is 16.6 Å². The summed E-state index contributed by atoms with van der Waals surface area (Å²) in [6, 6.07) is 0. The number of nitrogens with two attached hydrogens (primary N) is 1. The molecule has 70 valence electrons. The molecule has 0 aromatic heterocycles. The predicted octanol–water partition coefficient (Wildman–Crippen LogP) is -1.67. The van der Waals surface area contributed by atoms with E-state index in [0.717, 1.165) is 0 Å². The summed E-state index contributed by atoms with van der Waals surface area (Å²) < 4.78 is 0. The summed E-state index contributed by atoms with van der Waals surface area (Å²) in [7, 11) is 0. The number of nitrogens with zero attached hydrogens (tertiary/aromatic N) is 2. The van der Waals surface area contributed by atoms with Crippen molar-refractivity contribution in [2.45, 2.75) is 13.3 Å². The third kappa shape index (κ3) is 5.41. The Bertz CT molecular complexity index is 180. The van der Waals surface area contributed by atoms with Crippen LogP contribution in [0.5, 0.6) is 0 Å². The van der Waals surface area contributed by atoms with Crippen LogP contribution in [0.4, 0.5) is 0 Å². The molecule has 8 heteroatoms. The fourth-order valence-electron chi connectivity index (χ4n) is 0.329. The lowest BCUT2D eigenvalue weighted by Crippen LogP contribution is -2.43. The summed E-state index contributed by atoms with van der Waals surface area (Å²) in [6.07, 6.45) is 0.263. The van der Waals surface area contributed by atoms with Gasteiger partial charge in [-0.2, -0.15) is 0 Å². The molecule has 1 amide bonds. The fraction of sp³-hybridized carbons (Fsp3) is 0.500. The van der Waals surface area contributed by atoms with Crippen LogP contribution in [0.25, 0.3) is 0 Å². The lowest BCUT2D eigenvalue weighted by atomic mass is 10.5. The summed E-state index contributed by atoms with van der Waals surface area (Å²) in [6.45, 7) is 1.64. The molecule has 0 saturated heterocycles. The zero-order valence-corrected chi connectivity index (χ0v) is 6.48. The van der Waals surface area contributed by atoms with Crippen LogP contribution in [-0.2, 0) is 4.79 Å². The van der Waals surface area contributed by atoms with Gasteiger partial charge in [-0.3, -0.25) is 15.2 Å². The smallest absolute Gasteiger partial charge is 0.239 e. The highest BCUT2D eigenvalue weighted by Gasteiger charge is 1.97. The normalized spacial score (nSPS) is 11.5. The van der Waals surface area contributed by atoms with E-state index in [1.807, 2.05) is 0 Å². The van der Waals surface area contributed by atoms with Crippen molar-refractivity contribution in [3.05, 3.63) is 0 Å². The Morgan fingerprint density at radius 1 is 1.67 bits per heavy atom. The molecule has 0 aromatic rings. The summed E-state index contributed by atoms with van der Waals surface area (Å²) >= 11 is 0. The molecule has 0 unspecified atom stereocenters. The molecule has 0 spiro atoms. The van der Waals surface area contributed by atoms with Gasteiger partial charge in [0.1, 0.15) is 0 Å². The molecule has 8 nitrogen and oxygen atoms in total. The molecule has 0 bridgehead atoms. The molecule has 0 radical (unpaired) electrons. The predicted molar refractivity (Wildman–Crippen MR) is 38.6 cm³/mol. The molecule has 6 N–H and O–H groups in total. The number of amides is 1. The molecule has 0 aliphatic rings. The molecule has 0 fully saturated rings. The van der Waals surface area contributed by atoms with Gasteiger partial charge in [-0.05, 0) is 0 Å². The summed E-state index contributed by atoms with van der Waals surface area (Å²) in [4.78, 5) is 10.6. The third-order valence-corrected chi connectivity index (χ3v) is 0.837. The Hall–Kier alpha value is -1.38. The van der Waals surface area contributed by atoms with Crippen LogP contribution in [0.3, 0.4) is 0 Å². The minimum atomic E-state index is -0.378. The number of hydrogen-bond acceptors (Lipinski definition) is 5. The highest BCUT2D eigenvalue weighted by Crippen LogP contribution is 1.73. The molecule has 0 atom stereocenters. The van der Waals surface area contributed by atoms with Crippen molar-refractivity contribution in [1.29, 1.82) is 0 Å². The Morgan fingerprint density at radius 3 is 2.67 bits per heavy atom. The Balaban J connectivity index is 3.76. The van der Waals surface area contributed by atoms with Gasteiger partial charge in [0, 0.05) is 11.8 Å². The first-order chi connectivity index (χ1) is 5.56. The van der Waals surface area contributed by atoms with Crippen LogP contribution in [0.15, 0.2) is 5.10 Å². The summed E-state index contributed by atoms with van der Waals surface area (Å²) in [5.74, 6) is -0.677. The van der Waals surface area contributed by atoms with E-state index in [9.17, 15) is 4.79 Å². The molecule has 0 heterocycles. The number of hydrazone groups is 1. The first kappa shape index (κ1) is 10.6. The number of hydrogen-bond donors (Lipinski definition) is 5. The van der Waals surface area contributed by atoms with Crippen LogP contribution in [0, 0.1) is 0 Å². The van der Waals surface area contributed by atoms with Crippen molar-refractivity contribution >= 4 is 11.9 Å². The zero-order valence-electron chi connectivity index (χ0n) is 6.48. The molecule has 0 rings (SSSR count). The molecule has 0 aromatic carbocycles. The standard InChI is InChI=1S/C4H11N5O3/c1-2-3(10)6-7-4(5)8-9(11)12/h11-12H,2H2,1H3,(H,6,10)(H3,5,7,8). The van der Waals surface area contributed by atoms with E-state index >= 15 is 0 Å². The minimum Gasteiger partial charge on any atom is -0.367 e. The van der Waals surface area contributed by atoms with E-state index in [0.29, 0.717) is 0 Å². The number of carbonyl (C=O) groups is 1. The lowest BCUT2D eigenvalue weighted by molar-refractivity contribution is -0.329. The molecule has 0 aliphatic carbocycles. The van der Waals surface area contributed by atoms with Gasteiger partial charge < -0.3 is 5.73 Å². The molecular weight excluding hydrogens is 166 g/mol. The maximum absolute atomic E-state index is 10.6. The zero-order chi connectivity index (χ0) is 9.56. The number of guanidine groups is 1. The Labute approximate surface area is 68.5 Å².